The first-order chi connectivity index (χ1) is 6.53. The molecule has 0 aliphatic heterocycles. The van der Waals surface area contributed by atoms with Gasteiger partial charge in [0.15, 0.2) is 0 Å². The Morgan fingerprint density at radius 1 is 1.36 bits per heavy atom. The normalized spacial score (nSPS) is 14.7. The van der Waals surface area contributed by atoms with Crippen LogP contribution >= 0.6 is 0 Å². The van der Waals surface area contributed by atoms with Gasteiger partial charge < -0.3 is 10.2 Å². The molecule has 1 aromatic carbocycles. The number of phenols is 1. The summed E-state index contributed by atoms with van der Waals surface area (Å²) in [5.41, 5.74) is 0.294. The van der Waals surface area contributed by atoms with Gasteiger partial charge in [0.25, 0.3) is 0 Å². The Balaban J connectivity index is 2.54. The molecule has 2 nitrogen and oxygen atoms in total. The monoisotopic (exact) mass is 192 g/mol. The zero-order valence-electron chi connectivity index (χ0n) is 8.40. The third-order valence-electron chi connectivity index (χ3n) is 2.30. The molecule has 0 aliphatic carbocycles. The van der Waals surface area contributed by atoms with E-state index in [-0.39, 0.29) is 5.75 Å². The molecule has 1 aromatic rings. The number of hydrogen-bond donors (Lipinski definition) is 2. The number of aromatic hydroxyl groups is 1. The molecule has 0 aliphatic rings. The molecule has 14 heavy (non-hydrogen) atoms. The average Bonchev–Trinajstić information content (AvgIpc) is 2.17. The number of aliphatic hydroxyl groups is 1. The lowest BCUT2D eigenvalue weighted by molar-refractivity contribution is 0.103. The Kier molecular flexibility index (Phi) is 3.31. The van der Waals surface area contributed by atoms with E-state index in [1.807, 2.05) is 12.1 Å². The van der Waals surface area contributed by atoms with Gasteiger partial charge in [0, 0.05) is 0 Å². The first-order valence-electron chi connectivity index (χ1n) is 4.67. The van der Waals surface area contributed by atoms with Crippen LogP contribution in [0.3, 0.4) is 0 Å². The van der Waals surface area contributed by atoms with Crippen LogP contribution in [-0.2, 0) is 6.42 Å². The molecule has 2 heteroatoms. The molecule has 1 atom stereocenters. The minimum absolute atomic E-state index is 0.268. The summed E-state index contributed by atoms with van der Waals surface area (Å²) in [5.74, 6) is 0.268. The van der Waals surface area contributed by atoms with Crippen molar-refractivity contribution in [1.82, 2.24) is 0 Å². The van der Waals surface area contributed by atoms with Crippen molar-refractivity contribution in [3.05, 3.63) is 42.5 Å². The van der Waals surface area contributed by atoms with Gasteiger partial charge in [-0.25, -0.2) is 0 Å². The van der Waals surface area contributed by atoms with Crippen molar-refractivity contribution in [2.75, 3.05) is 0 Å². The van der Waals surface area contributed by atoms with Crippen LogP contribution in [0.2, 0.25) is 0 Å². The van der Waals surface area contributed by atoms with Gasteiger partial charge in [0.1, 0.15) is 5.75 Å². The van der Waals surface area contributed by atoms with E-state index >= 15 is 0 Å². The smallest absolute Gasteiger partial charge is 0.115 e. The highest BCUT2D eigenvalue weighted by atomic mass is 16.3. The fourth-order valence-electron chi connectivity index (χ4n) is 1.16. The highest BCUT2D eigenvalue weighted by Gasteiger charge is 2.14. The first kappa shape index (κ1) is 10.8. The summed E-state index contributed by atoms with van der Waals surface area (Å²) >= 11 is 0. The Morgan fingerprint density at radius 2 is 1.93 bits per heavy atom. The standard InChI is InChI=1S/C12H16O2/c1-3-12(2,14)9-8-10-4-6-11(13)7-5-10/h3-7,13-14H,1,8-9H2,2H3. The molecule has 0 amide bonds. The van der Waals surface area contributed by atoms with Crippen LogP contribution in [0.4, 0.5) is 0 Å². The Morgan fingerprint density at radius 3 is 2.43 bits per heavy atom. The van der Waals surface area contributed by atoms with Crippen LogP contribution < -0.4 is 0 Å². The number of benzene rings is 1. The molecule has 0 spiro atoms. The van der Waals surface area contributed by atoms with E-state index in [1.54, 1.807) is 25.1 Å². The van der Waals surface area contributed by atoms with Gasteiger partial charge in [-0.2, -0.15) is 0 Å². The van der Waals surface area contributed by atoms with Gasteiger partial charge >= 0.3 is 0 Å². The molecule has 76 valence electrons. The maximum Gasteiger partial charge on any atom is 0.115 e. The summed E-state index contributed by atoms with van der Waals surface area (Å²) in [6, 6.07) is 7.01. The predicted octanol–water partition coefficient (Wildman–Crippen LogP) is 2.26. The van der Waals surface area contributed by atoms with Gasteiger partial charge in [0.05, 0.1) is 5.60 Å². The zero-order chi connectivity index (χ0) is 10.6. The van der Waals surface area contributed by atoms with Crippen molar-refractivity contribution >= 4 is 0 Å². The number of phenolic OH excluding ortho intramolecular Hbond substituents is 1. The van der Waals surface area contributed by atoms with Gasteiger partial charge in [-0.1, -0.05) is 18.2 Å². The van der Waals surface area contributed by atoms with Crippen molar-refractivity contribution in [3.8, 4) is 5.75 Å². The highest BCUT2D eigenvalue weighted by Crippen LogP contribution is 2.16. The van der Waals surface area contributed by atoms with E-state index < -0.39 is 5.60 Å². The van der Waals surface area contributed by atoms with E-state index in [9.17, 15) is 5.11 Å². The lowest BCUT2D eigenvalue weighted by atomic mass is 9.97. The van der Waals surface area contributed by atoms with Gasteiger partial charge in [-0.15, -0.1) is 6.58 Å². The summed E-state index contributed by atoms with van der Waals surface area (Å²) in [4.78, 5) is 0. The van der Waals surface area contributed by atoms with E-state index in [0.717, 1.165) is 12.0 Å². The summed E-state index contributed by atoms with van der Waals surface area (Å²) in [7, 11) is 0. The Labute approximate surface area is 84.5 Å². The molecule has 0 fully saturated rings. The maximum absolute atomic E-state index is 9.67. The van der Waals surface area contributed by atoms with Gasteiger partial charge in [-0.3, -0.25) is 0 Å². The third-order valence-corrected chi connectivity index (χ3v) is 2.30. The largest absolute Gasteiger partial charge is 0.508 e. The topological polar surface area (TPSA) is 40.5 Å². The minimum atomic E-state index is -0.808. The van der Waals surface area contributed by atoms with E-state index in [4.69, 9.17) is 5.11 Å². The molecule has 2 N–H and O–H groups in total. The van der Waals surface area contributed by atoms with Crippen molar-refractivity contribution in [2.24, 2.45) is 0 Å². The second kappa shape index (κ2) is 4.29. The molecule has 1 rings (SSSR count). The molecular weight excluding hydrogens is 176 g/mol. The second-order valence-corrected chi connectivity index (χ2v) is 3.73. The molecule has 1 unspecified atom stereocenters. The van der Waals surface area contributed by atoms with E-state index in [2.05, 4.69) is 6.58 Å². The quantitative estimate of drug-likeness (QED) is 0.718. The fourth-order valence-corrected chi connectivity index (χ4v) is 1.16. The summed E-state index contributed by atoms with van der Waals surface area (Å²) in [5, 5.41) is 18.7. The van der Waals surface area contributed by atoms with Crippen molar-refractivity contribution in [2.45, 2.75) is 25.4 Å². The molecule has 0 saturated heterocycles. The maximum atomic E-state index is 9.67. The van der Waals surface area contributed by atoms with Crippen molar-refractivity contribution in [1.29, 1.82) is 0 Å². The molecule has 0 radical (unpaired) electrons. The number of aryl methyl sites for hydroxylation is 1. The molecule has 0 bridgehead atoms. The van der Waals surface area contributed by atoms with Crippen LogP contribution in [0.1, 0.15) is 18.9 Å². The Hall–Kier alpha value is -1.28. The van der Waals surface area contributed by atoms with E-state index in [1.165, 1.54) is 0 Å². The molecule has 0 aromatic heterocycles. The zero-order valence-corrected chi connectivity index (χ0v) is 8.40. The SMILES string of the molecule is C=CC(C)(O)CCc1ccc(O)cc1. The lowest BCUT2D eigenvalue weighted by Crippen LogP contribution is -2.20. The highest BCUT2D eigenvalue weighted by molar-refractivity contribution is 5.26. The van der Waals surface area contributed by atoms with Crippen LogP contribution in [0, 0.1) is 0 Å². The number of rotatable bonds is 4. The second-order valence-electron chi connectivity index (χ2n) is 3.73. The summed E-state index contributed by atoms with van der Waals surface area (Å²) in [6.45, 7) is 5.31. The average molecular weight is 192 g/mol. The van der Waals surface area contributed by atoms with Crippen LogP contribution in [0.15, 0.2) is 36.9 Å². The molecular formula is C12H16O2. The fraction of sp³-hybridized carbons (Fsp3) is 0.333. The lowest BCUT2D eigenvalue weighted by Gasteiger charge is -2.17. The van der Waals surface area contributed by atoms with Crippen molar-refractivity contribution < 1.29 is 10.2 Å². The van der Waals surface area contributed by atoms with Crippen LogP contribution in [0.5, 0.6) is 5.75 Å². The van der Waals surface area contributed by atoms with Gasteiger partial charge in [0.2, 0.25) is 0 Å². The van der Waals surface area contributed by atoms with Crippen molar-refractivity contribution in [3.63, 3.8) is 0 Å². The third kappa shape index (κ3) is 3.23. The summed E-state index contributed by atoms with van der Waals surface area (Å²) in [6.07, 6.45) is 2.97. The Bertz CT molecular complexity index is 299. The molecule has 0 saturated carbocycles. The summed E-state index contributed by atoms with van der Waals surface area (Å²) < 4.78 is 0. The minimum Gasteiger partial charge on any atom is -0.508 e. The number of hydrogen-bond acceptors (Lipinski definition) is 2. The van der Waals surface area contributed by atoms with E-state index in [0.29, 0.717) is 6.42 Å². The van der Waals surface area contributed by atoms with Crippen LogP contribution in [-0.4, -0.2) is 15.8 Å². The molecule has 0 heterocycles. The van der Waals surface area contributed by atoms with Crippen LogP contribution in [0.25, 0.3) is 0 Å². The van der Waals surface area contributed by atoms with Gasteiger partial charge in [-0.05, 0) is 37.5 Å². The predicted molar refractivity (Wildman–Crippen MR) is 57.2 cm³/mol. The first-order valence-corrected chi connectivity index (χ1v) is 4.67.